The fourth-order valence-corrected chi connectivity index (χ4v) is 0.956. The molecule has 0 aromatic heterocycles. The molecule has 0 saturated carbocycles. The van der Waals surface area contributed by atoms with Crippen LogP contribution in [0.1, 0.15) is 0 Å². The zero-order valence-corrected chi connectivity index (χ0v) is 11.4. The largest absolute Gasteiger partial charge is 0.870 e. The van der Waals surface area contributed by atoms with E-state index in [2.05, 4.69) is 11.5 Å². The van der Waals surface area contributed by atoms with Gasteiger partial charge in [0.15, 0.2) is 0 Å². The molecule has 0 spiro atoms. The number of hydrogen-bond donors (Lipinski definition) is 2. The van der Waals surface area contributed by atoms with Gasteiger partial charge in [0.1, 0.15) is 11.4 Å². The van der Waals surface area contributed by atoms with E-state index in [1.165, 1.54) is 0 Å². The van der Waals surface area contributed by atoms with Crippen molar-refractivity contribution in [3.05, 3.63) is 60.7 Å². The maximum absolute atomic E-state index is 8.49. The number of hydrogen-bond acceptors (Lipinski definition) is 5. The minimum atomic E-state index is -4.94. The maximum Gasteiger partial charge on any atom is 0.127 e. The monoisotopic (exact) mass is 304 g/mol. The van der Waals surface area contributed by atoms with Crippen molar-refractivity contribution >= 4 is 11.4 Å². The zero-order chi connectivity index (χ0) is 14.7. The first-order valence-corrected chi connectivity index (χ1v) is 6.38. The number of rotatable bonds is 0. The van der Waals surface area contributed by atoms with Gasteiger partial charge in [-0.25, -0.2) is 18.6 Å². The molecule has 0 heterocycles. The molecular formula is C12H17ClN2O5. The second-order valence-electron chi connectivity index (χ2n) is 3.35. The summed E-state index contributed by atoms with van der Waals surface area (Å²) in [5.74, 6) is 0. The van der Waals surface area contributed by atoms with Crippen LogP contribution in [0, 0.1) is 10.2 Å². The van der Waals surface area contributed by atoms with Gasteiger partial charge in [-0.3, -0.25) is 0 Å². The van der Waals surface area contributed by atoms with Crippen LogP contribution in [-0.4, -0.2) is 5.48 Å². The second-order valence-corrected chi connectivity index (χ2v) is 4.11. The van der Waals surface area contributed by atoms with Gasteiger partial charge >= 0.3 is 0 Å². The van der Waals surface area contributed by atoms with Crippen molar-refractivity contribution in [3.63, 3.8) is 0 Å². The van der Waals surface area contributed by atoms with E-state index in [9.17, 15) is 0 Å². The fraction of sp³-hybridized carbons (Fsp3) is 0. The van der Waals surface area contributed by atoms with Gasteiger partial charge in [0.25, 0.3) is 0 Å². The van der Waals surface area contributed by atoms with Crippen LogP contribution in [0.5, 0.6) is 0 Å². The Kier molecular flexibility index (Phi) is 11.7. The Morgan fingerprint density at radius 2 is 0.800 bits per heavy atom. The summed E-state index contributed by atoms with van der Waals surface area (Å²) in [5, 5.41) is 0. The van der Waals surface area contributed by atoms with Crippen LogP contribution in [0.15, 0.2) is 60.7 Å². The molecule has 2 aromatic rings. The van der Waals surface area contributed by atoms with Gasteiger partial charge in [0.05, 0.1) is 0 Å². The van der Waals surface area contributed by atoms with Crippen LogP contribution in [0.2, 0.25) is 0 Å². The highest BCUT2D eigenvalue weighted by Crippen LogP contribution is 1.93. The van der Waals surface area contributed by atoms with E-state index in [4.69, 9.17) is 18.6 Å². The van der Waals surface area contributed by atoms with Crippen molar-refractivity contribution in [2.45, 2.75) is 0 Å². The first-order valence-electron chi connectivity index (χ1n) is 5.15. The Labute approximate surface area is 118 Å². The Hall–Kier alpha value is -1.55. The van der Waals surface area contributed by atoms with Gasteiger partial charge in [-0.2, -0.15) is 0 Å². The predicted octanol–water partition coefficient (Wildman–Crippen LogP) is -3.81. The molecule has 0 atom stereocenters. The molecule has 7 N–H and O–H groups in total. The van der Waals surface area contributed by atoms with Gasteiger partial charge in [-0.1, -0.05) is 36.4 Å². The average molecular weight is 305 g/mol. The highest BCUT2D eigenvalue weighted by molar-refractivity contribution is 5.26. The molecule has 2 aromatic carbocycles. The molecule has 112 valence electrons. The highest BCUT2D eigenvalue weighted by Gasteiger charge is 1.84. The predicted molar refractivity (Wildman–Crippen MR) is 59.9 cm³/mol. The molecule has 7 nitrogen and oxygen atoms in total. The van der Waals surface area contributed by atoms with Gasteiger partial charge in [0, 0.05) is 0 Å². The van der Waals surface area contributed by atoms with E-state index in [0.717, 1.165) is 11.4 Å². The molecule has 0 bridgehead atoms. The molecule has 0 saturated heterocycles. The van der Waals surface area contributed by atoms with Crippen molar-refractivity contribution < 1.29 is 45.8 Å². The lowest BCUT2D eigenvalue weighted by Crippen LogP contribution is -2.68. The summed E-state index contributed by atoms with van der Waals surface area (Å²) in [4.78, 5) is 0. The molecular weight excluding hydrogens is 288 g/mol. The summed E-state index contributed by atoms with van der Waals surface area (Å²) in [6, 6.07) is 19.7. The van der Waals surface area contributed by atoms with E-state index >= 15 is 0 Å². The first kappa shape index (κ1) is 20.8. The van der Waals surface area contributed by atoms with Crippen LogP contribution in [0.3, 0.4) is 0 Å². The third-order valence-electron chi connectivity index (χ3n) is 1.69. The van der Waals surface area contributed by atoms with Crippen LogP contribution in [0.4, 0.5) is 11.4 Å². The first-order chi connectivity index (χ1) is 8.79. The van der Waals surface area contributed by atoms with E-state index in [1.807, 2.05) is 60.7 Å². The van der Waals surface area contributed by atoms with E-state index < -0.39 is 10.2 Å². The van der Waals surface area contributed by atoms with Gasteiger partial charge in [-0.15, -0.1) is 10.2 Å². The minimum absolute atomic E-state index is 0. The van der Waals surface area contributed by atoms with Gasteiger partial charge in [0.2, 0.25) is 0 Å². The van der Waals surface area contributed by atoms with Crippen LogP contribution in [0.25, 0.3) is 0 Å². The van der Waals surface area contributed by atoms with Crippen LogP contribution in [-0.2, 0) is 0 Å². The average Bonchev–Trinajstić information content (AvgIpc) is 2.29. The van der Waals surface area contributed by atoms with E-state index in [0.29, 0.717) is 0 Å². The molecule has 8 heteroatoms. The lowest BCUT2D eigenvalue weighted by Gasteiger charge is -2.17. The fourth-order valence-electron chi connectivity index (χ4n) is 0.956. The van der Waals surface area contributed by atoms with Crippen LogP contribution >= 0.6 is 0 Å². The Morgan fingerprint density at radius 1 is 0.600 bits per heavy atom. The number of benzene rings is 2. The normalized spacial score (nSPS) is 9.10. The zero-order valence-electron chi connectivity index (χ0n) is 10.6. The lowest BCUT2D eigenvalue weighted by molar-refractivity contribution is -2.00. The number of halogens is 1. The summed E-state index contributed by atoms with van der Waals surface area (Å²) in [6.07, 6.45) is 0. The van der Waals surface area contributed by atoms with E-state index in [1.54, 1.807) is 0 Å². The van der Waals surface area contributed by atoms with Crippen molar-refractivity contribution in [1.82, 2.24) is 0 Å². The molecule has 2 rings (SSSR count). The summed E-state index contributed by atoms with van der Waals surface area (Å²) in [5.41, 5.74) is 9.58. The molecule has 0 amide bonds. The Morgan fingerprint density at radius 3 is 0.900 bits per heavy atom. The molecule has 20 heavy (non-hydrogen) atoms. The smallest absolute Gasteiger partial charge is 0.127 e. The van der Waals surface area contributed by atoms with E-state index in [-0.39, 0.29) is 5.48 Å². The number of quaternary nitrogens is 2. The summed E-state index contributed by atoms with van der Waals surface area (Å²) < 4.78 is 34.0. The summed E-state index contributed by atoms with van der Waals surface area (Å²) >= 11 is 0. The Balaban J connectivity index is 0. The summed E-state index contributed by atoms with van der Waals surface area (Å²) in [6.45, 7) is 0. The van der Waals surface area contributed by atoms with Crippen molar-refractivity contribution in [3.8, 4) is 0 Å². The maximum atomic E-state index is 8.49. The topological polar surface area (TPSA) is 178 Å². The van der Waals surface area contributed by atoms with Crippen molar-refractivity contribution in [2.24, 2.45) is 0 Å². The van der Waals surface area contributed by atoms with Gasteiger partial charge < -0.3 is 16.9 Å². The molecule has 0 radical (unpaired) electrons. The highest BCUT2D eigenvalue weighted by atomic mass is 35.7. The third-order valence-corrected chi connectivity index (χ3v) is 1.69. The van der Waals surface area contributed by atoms with Crippen molar-refractivity contribution in [1.29, 1.82) is 0 Å². The molecule has 0 fully saturated rings. The SMILES string of the molecule is [NH3+]c1ccccc1.[NH3+]c1ccccc1.[O-][Cl+3]([O-])([O-])[O-].[OH-]. The molecule has 0 aliphatic heterocycles. The van der Waals surface area contributed by atoms with Crippen LogP contribution < -0.4 is 30.1 Å². The Bertz CT molecular complexity index is 393. The third kappa shape index (κ3) is 18.8. The van der Waals surface area contributed by atoms with Crippen molar-refractivity contribution in [2.75, 3.05) is 0 Å². The quantitative estimate of drug-likeness (QED) is 0.505. The van der Waals surface area contributed by atoms with Gasteiger partial charge in [-0.05, 0) is 24.3 Å². The minimum Gasteiger partial charge on any atom is -0.870 e. The standard InChI is InChI=1S/2C6H7N.ClHO4.H2O/c2*7-6-4-2-1-3-5-6;2-1(3,4)5;/h2*1-5H,7H2;(H,2,3,4,5);1H2. The second kappa shape index (κ2) is 11.3. The lowest BCUT2D eigenvalue weighted by atomic mass is 10.3. The molecule has 0 unspecified atom stereocenters. The molecule has 0 aliphatic rings. The summed E-state index contributed by atoms with van der Waals surface area (Å²) in [7, 11) is -4.94. The molecule has 0 aliphatic carbocycles.